The molecule has 34 heavy (non-hydrogen) atoms. The van der Waals surface area contributed by atoms with E-state index in [1.165, 1.54) is 0 Å². The van der Waals surface area contributed by atoms with Crippen molar-refractivity contribution in [2.75, 3.05) is 23.3 Å². The molecule has 1 aliphatic heterocycles. The molecule has 0 radical (unpaired) electrons. The monoisotopic (exact) mass is 462 g/mol. The summed E-state index contributed by atoms with van der Waals surface area (Å²) in [6.07, 6.45) is 2.08. The van der Waals surface area contributed by atoms with Gasteiger partial charge in [0.1, 0.15) is 5.58 Å². The maximum Gasteiger partial charge on any atom is 0.337 e. The number of rotatable bonds is 6. The van der Waals surface area contributed by atoms with Crippen LogP contribution in [0.5, 0.6) is 0 Å². The van der Waals surface area contributed by atoms with Crippen LogP contribution in [0.2, 0.25) is 0 Å². The molecule has 0 amide bonds. The fraction of sp³-hybridized carbons (Fsp3) is 0.429. The van der Waals surface area contributed by atoms with Gasteiger partial charge in [0.25, 0.3) is 0 Å². The lowest BCUT2D eigenvalue weighted by molar-refractivity contribution is 0.0698. The van der Waals surface area contributed by atoms with E-state index in [4.69, 9.17) is 4.42 Å². The minimum absolute atomic E-state index is 0.0373. The molecule has 2 heterocycles. The minimum Gasteiger partial charge on any atom is -0.478 e. The molecular weight excluding hydrogens is 428 g/mol. The van der Waals surface area contributed by atoms with Crippen LogP contribution in [-0.4, -0.2) is 24.2 Å². The molecular formula is C28H34N2O4. The van der Waals surface area contributed by atoms with Gasteiger partial charge in [0.15, 0.2) is 11.3 Å². The zero-order valence-electron chi connectivity index (χ0n) is 20.6. The van der Waals surface area contributed by atoms with E-state index in [0.717, 1.165) is 37.1 Å². The van der Waals surface area contributed by atoms with E-state index >= 15 is 0 Å². The number of carbonyl (C=O) groups is 1. The van der Waals surface area contributed by atoms with Gasteiger partial charge in [-0.3, -0.25) is 4.79 Å². The summed E-state index contributed by atoms with van der Waals surface area (Å²) < 4.78 is 6.48. The summed E-state index contributed by atoms with van der Waals surface area (Å²) >= 11 is 0. The predicted molar refractivity (Wildman–Crippen MR) is 137 cm³/mol. The zero-order chi connectivity index (χ0) is 24.6. The summed E-state index contributed by atoms with van der Waals surface area (Å²) in [5, 5.41) is 13.5. The van der Waals surface area contributed by atoms with Gasteiger partial charge in [0, 0.05) is 30.4 Å². The molecule has 1 fully saturated rings. The van der Waals surface area contributed by atoms with E-state index in [1.54, 1.807) is 30.3 Å². The van der Waals surface area contributed by atoms with E-state index in [-0.39, 0.29) is 23.0 Å². The average molecular weight is 463 g/mol. The van der Waals surface area contributed by atoms with Crippen LogP contribution in [0.4, 0.5) is 11.6 Å². The number of para-hydroxylation sites is 1. The topological polar surface area (TPSA) is 82.8 Å². The second-order valence-electron chi connectivity index (χ2n) is 10.4. The Morgan fingerprint density at radius 1 is 1.06 bits per heavy atom. The Morgan fingerprint density at radius 2 is 1.71 bits per heavy atom. The maximum atomic E-state index is 13.4. The van der Waals surface area contributed by atoms with Gasteiger partial charge in [-0.05, 0) is 48.8 Å². The van der Waals surface area contributed by atoms with Crippen molar-refractivity contribution in [3.63, 3.8) is 0 Å². The number of carboxylic acids is 1. The first-order valence-electron chi connectivity index (χ1n) is 12.0. The van der Waals surface area contributed by atoms with E-state index < -0.39 is 5.97 Å². The summed E-state index contributed by atoms with van der Waals surface area (Å²) in [4.78, 5) is 27.2. The highest BCUT2D eigenvalue weighted by Gasteiger charge is 2.28. The third kappa shape index (κ3) is 4.67. The van der Waals surface area contributed by atoms with Crippen molar-refractivity contribution in [3.8, 4) is 0 Å². The Labute approximate surface area is 200 Å². The summed E-state index contributed by atoms with van der Waals surface area (Å²) in [5.41, 5.74) is 3.35. The van der Waals surface area contributed by atoms with E-state index in [1.807, 2.05) is 19.1 Å². The molecule has 2 N–H and O–H groups in total. The van der Waals surface area contributed by atoms with Crippen LogP contribution in [-0.2, 0) is 0 Å². The first-order chi connectivity index (χ1) is 16.1. The predicted octanol–water partition coefficient (Wildman–Crippen LogP) is 6.41. The highest BCUT2D eigenvalue weighted by atomic mass is 16.4. The third-order valence-corrected chi connectivity index (χ3v) is 6.97. The third-order valence-electron chi connectivity index (χ3n) is 6.97. The second kappa shape index (κ2) is 9.16. The van der Waals surface area contributed by atoms with Gasteiger partial charge in [-0.1, -0.05) is 52.0 Å². The van der Waals surface area contributed by atoms with Crippen LogP contribution in [0, 0.1) is 5.41 Å². The van der Waals surface area contributed by atoms with E-state index in [9.17, 15) is 14.7 Å². The van der Waals surface area contributed by atoms with Crippen LogP contribution >= 0.6 is 0 Å². The number of nitrogens with zero attached hydrogens (tertiary/aromatic N) is 1. The second-order valence-corrected chi connectivity index (χ2v) is 10.4. The van der Waals surface area contributed by atoms with Gasteiger partial charge < -0.3 is 19.7 Å². The number of nitrogens with one attached hydrogen (secondary N) is 1. The van der Waals surface area contributed by atoms with Gasteiger partial charge in [-0.15, -0.1) is 0 Å². The van der Waals surface area contributed by atoms with Gasteiger partial charge in [-0.25, -0.2) is 4.79 Å². The van der Waals surface area contributed by atoms with Gasteiger partial charge in [0.05, 0.1) is 17.0 Å². The molecule has 1 aromatic heterocycles. The molecule has 0 aliphatic carbocycles. The smallest absolute Gasteiger partial charge is 0.337 e. The van der Waals surface area contributed by atoms with Crippen LogP contribution in [0.25, 0.3) is 11.0 Å². The molecule has 180 valence electrons. The lowest BCUT2D eigenvalue weighted by Crippen LogP contribution is -2.37. The largest absolute Gasteiger partial charge is 0.478 e. The zero-order valence-corrected chi connectivity index (χ0v) is 20.6. The van der Waals surface area contributed by atoms with Crippen molar-refractivity contribution in [1.29, 1.82) is 0 Å². The van der Waals surface area contributed by atoms with Gasteiger partial charge in [-0.2, -0.15) is 0 Å². The number of carboxylic acid groups (broad SMARTS) is 1. The molecule has 0 spiro atoms. The molecule has 0 unspecified atom stereocenters. The lowest BCUT2D eigenvalue weighted by atomic mass is 9.83. The van der Waals surface area contributed by atoms with Gasteiger partial charge in [0.2, 0.25) is 0 Å². The lowest BCUT2D eigenvalue weighted by Gasteiger charge is -2.37. The Morgan fingerprint density at radius 3 is 2.35 bits per heavy atom. The van der Waals surface area contributed by atoms with Gasteiger partial charge >= 0.3 is 5.97 Å². The number of hydrogen-bond acceptors (Lipinski definition) is 5. The first-order valence-corrected chi connectivity index (χ1v) is 12.0. The van der Waals surface area contributed by atoms with Crippen molar-refractivity contribution in [2.45, 2.75) is 59.4 Å². The molecule has 6 nitrogen and oxygen atoms in total. The molecule has 1 atom stereocenters. The van der Waals surface area contributed by atoms with Crippen LogP contribution in [0.3, 0.4) is 0 Å². The maximum absolute atomic E-state index is 13.4. The summed E-state index contributed by atoms with van der Waals surface area (Å²) in [5.74, 6) is -0.220. The SMILES string of the molecule is CC(C)c1ccc([C@@H](C)Nc2ccccc2C(=O)O)c2oc(N3CCC(C)(C)CC3)cc(=O)c12. The number of anilines is 2. The summed E-state index contributed by atoms with van der Waals surface area (Å²) in [6, 6.07) is 12.2. The normalized spacial score (nSPS) is 16.6. The van der Waals surface area contributed by atoms with Crippen molar-refractivity contribution in [2.24, 2.45) is 5.41 Å². The van der Waals surface area contributed by atoms with E-state index in [2.05, 4.69) is 37.9 Å². The molecule has 6 heteroatoms. The van der Waals surface area contributed by atoms with Crippen LogP contribution < -0.4 is 15.6 Å². The Balaban J connectivity index is 1.80. The Bertz CT molecular complexity index is 1270. The number of piperidine rings is 1. The number of benzene rings is 2. The van der Waals surface area contributed by atoms with Crippen molar-refractivity contribution in [3.05, 3.63) is 69.4 Å². The fourth-order valence-electron chi connectivity index (χ4n) is 4.71. The minimum atomic E-state index is -0.989. The standard InChI is InChI=1S/C28H34N2O4/c1-17(2)19-10-11-20(18(3)29-22-9-7-6-8-21(22)27(32)33)26-25(19)23(31)16-24(34-26)30-14-12-28(4,5)13-15-30/h6-11,16-18,29H,12-15H2,1-5H3,(H,32,33)/t18-/m1/s1. The van der Waals surface area contributed by atoms with E-state index in [0.29, 0.717) is 28.0 Å². The molecule has 2 aromatic carbocycles. The molecule has 1 saturated heterocycles. The average Bonchev–Trinajstić information content (AvgIpc) is 2.78. The Kier molecular flexibility index (Phi) is 6.43. The Hall–Kier alpha value is -3.28. The van der Waals surface area contributed by atoms with Crippen molar-refractivity contribution >= 4 is 28.5 Å². The number of fused-ring (bicyclic) bond motifs is 1. The number of hydrogen-bond donors (Lipinski definition) is 2. The van der Waals surface area contributed by atoms with Crippen molar-refractivity contribution < 1.29 is 14.3 Å². The quantitative estimate of drug-likeness (QED) is 0.440. The highest BCUT2D eigenvalue weighted by molar-refractivity contribution is 5.94. The first kappa shape index (κ1) is 23.9. The van der Waals surface area contributed by atoms with Crippen LogP contribution in [0.1, 0.15) is 80.9 Å². The summed E-state index contributed by atoms with van der Waals surface area (Å²) in [6.45, 7) is 12.3. The fourth-order valence-corrected chi connectivity index (χ4v) is 4.71. The number of aromatic carboxylic acids is 1. The molecule has 0 saturated carbocycles. The van der Waals surface area contributed by atoms with Crippen molar-refractivity contribution in [1.82, 2.24) is 0 Å². The molecule has 1 aliphatic rings. The molecule has 4 rings (SSSR count). The molecule has 0 bridgehead atoms. The van der Waals surface area contributed by atoms with Crippen LogP contribution in [0.15, 0.2) is 51.7 Å². The molecule has 3 aromatic rings. The summed E-state index contributed by atoms with van der Waals surface area (Å²) in [7, 11) is 0. The highest BCUT2D eigenvalue weighted by Crippen LogP contribution is 2.36.